The van der Waals surface area contributed by atoms with E-state index in [2.05, 4.69) is 5.32 Å². The zero-order valence-electron chi connectivity index (χ0n) is 14.8. The Balaban J connectivity index is 1.75. The summed E-state index contributed by atoms with van der Waals surface area (Å²) in [5, 5.41) is 13.5. The van der Waals surface area contributed by atoms with Gasteiger partial charge >= 0.3 is 6.09 Å². The highest BCUT2D eigenvalue weighted by atomic mass is 19.1. The molecule has 9 heteroatoms. The van der Waals surface area contributed by atoms with E-state index in [0.717, 1.165) is 29.8 Å². The maximum absolute atomic E-state index is 13.8. The van der Waals surface area contributed by atoms with Crippen molar-refractivity contribution in [2.45, 2.75) is 6.61 Å². The molecule has 0 bridgehead atoms. The molecule has 29 heavy (non-hydrogen) atoms. The van der Waals surface area contributed by atoms with Crippen LogP contribution in [0.15, 0.2) is 66.7 Å². The number of carbonyl (C=O) groups is 1. The number of non-ortho nitro benzene ring substituents is 1. The van der Waals surface area contributed by atoms with E-state index in [0.29, 0.717) is 6.07 Å². The minimum absolute atomic E-state index is 0.00570. The number of hydrogen-bond acceptors (Lipinski definition) is 5. The SMILES string of the molecule is O=C(Nc1cc(Oc2ccc(F)cc2F)cc([N+](=O)[O-])c1)OCc1ccccc1. The third-order valence-corrected chi connectivity index (χ3v) is 3.68. The first-order valence-corrected chi connectivity index (χ1v) is 8.31. The third kappa shape index (κ3) is 5.48. The van der Waals surface area contributed by atoms with Gasteiger partial charge in [-0.25, -0.2) is 13.6 Å². The Labute approximate surface area is 163 Å². The zero-order chi connectivity index (χ0) is 20.8. The summed E-state index contributed by atoms with van der Waals surface area (Å²) in [5.74, 6) is -2.22. The molecule has 0 aliphatic rings. The van der Waals surface area contributed by atoms with E-state index >= 15 is 0 Å². The van der Waals surface area contributed by atoms with Gasteiger partial charge in [0.25, 0.3) is 5.69 Å². The highest BCUT2D eigenvalue weighted by molar-refractivity contribution is 5.85. The van der Waals surface area contributed by atoms with Gasteiger partial charge < -0.3 is 9.47 Å². The number of ether oxygens (including phenoxy) is 2. The van der Waals surface area contributed by atoms with Crippen molar-refractivity contribution in [2.75, 3.05) is 5.32 Å². The molecule has 0 saturated carbocycles. The van der Waals surface area contributed by atoms with Crippen LogP contribution in [0, 0.1) is 21.7 Å². The monoisotopic (exact) mass is 400 g/mol. The fourth-order valence-corrected chi connectivity index (χ4v) is 2.38. The second-order valence-electron chi connectivity index (χ2n) is 5.84. The normalized spacial score (nSPS) is 10.3. The molecule has 0 unspecified atom stereocenters. The van der Waals surface area contributed by atoms with Gasteiger partial charge in [-0.1, -0.05) is 30.3 Å². The van der Waals surface area contributed by atoms with Gasteiger partial charge in [-0.3, -0.25) is 15.4 Å². The van der Waals surface area contributed by atoms with Gasteiger partial charge in [-0.2, -0.15) is 0 Å². The summed E-state index contributed by atoms with van der Waals surface area (Å²) in [6.45, 7) is 0.00570. The number of nitrogens with zero attached hydrogens (tertiary/aromatic N) is 1. The lowest BCUT2D eigenvalue weighted by atomic mass is 10.2. The number of hydrogen-bond donors (Lipinski definition) is 1. The maximum Gasteiger partial charge on any atom is 0.411 e. The molecule has 1 N–H and O–H groups in total. The van der Waals surface area contributed by atoms with E-state index in [4.69, 9.17) is 9.47 Å². The van der Waals surface area contributed by atoms with Crippen LogP contribution in [0.5, 0.6) is 11.5 Å². The van der Waals surface area contributed by atoms with Crippen molar-refractivity contribution in [3.05, 3.63) is 94.0 Å². The predicted octanol–water partition coefficient (Wildman–Crippen LogP) is 5.41. The first kappa shape index (κ1) is 19.7. The van der Waals surface area contributed by atoms with Crippen LogP contribution in [0.1, 0.15) is 5.56 Å². The topological polar surface area (TPSA) is 90.7 Å². The van der Waals surface area contributed by atoms with Crippen LogP contribution in [0.4, 0.5) is 25.0 Å². The molecule has 0 spiro atoms. The molecular formula is C20H14F2N2O5. The molecule has 0 saturated heterocycles. The van der Waals surface area contributed by atoms with Crippen molar-refractivity contribution in [1.82, 2.24) is 0 Å². The number of nitro benzene ring substituents is 1. The summed E-state index contributed by atoms with van der Waals surface area (Å²) in [7, 11) is 0. The molecule has 1 amide bonds. The summed E-state index contributed by atoms with van der Waals surface area (Å²) in [5.41, 5.74) is 0.371. The highest BCUT2D eigenvalue weighted by Crippen LogP contribution is 2.31. The second-order valence-corrected chi connectivity index (χ2v) is 5.84. The van der Waals surface area contributed by atoms with Gasteiger partial charge in [0.2, 0.25) is 0 Å². The van der Waals surface area contributed by atoms with E-state index in [1.54, 1.807) is 24.3 Å². The molecule has 7 nitrogen and oxygen atoms in total. The minimum Gasteiger partial charge on any atom is -0.454 e. The molecule has 0 fully saturated rings. The number of rotatable bonds is 6. The molecule has 0 radical (unpaired) electrons. The average Bonchev–Trinajstić information content (AvgIpc) is 2.69. The lowest BCUT2D eigenvalue weighted by Gasteiger charge is -2.10. The fourth-order valence-electron chi connectivity index (χ4n) is 2.38. The van der Waals surface area contributed by atoms with Crippen LogP contribution < -0.4 is 10.1 Å². The van der Waals surface area contributed by atoms with Gasteiger partial charge in [0.15, 0.2) is 11.6 Å². The summed E-state index contributed by atoms with van der Waals surface area (Å²) >= 11 is 0. The zero-order valence-corrected chi connectivity index (χ0v) is 14.8. The van der Waals surface area contributed by atoms with Crippen LogP contribution in [0.25, 0.3) is 0 Å². The predicted molar refractivity (Wildman–Crippen MR) is 99.8 cm³/mol. The number of amides is 1. The Hall–Kier alpha value is -4.01. The Morgan fingerprint density at radius 1 is 1.03 bits per heavy atom. The summed E-state index contributed by atoms with van der Waals surface area (Å²) in [6, 6.07) is 15.0. The van der Waals surface area contributed by atoms with Gasteiger partial charge in [0, 0.05) is 18.2 Å². The van der Waals surface area contributed by atoms with Crippen LogP contribution >= 0.6 is 0 Å². The number of anilines is 1. The van der Waals surface area contributed by atoms with Crippen molar-refractivity contribution in [1.29, 1.82) is 0 Å². The summed E-state index contributed by atoms with van der Waals surface area (Å²) in [4.78, 5) is 22.4. The molecule has 0 heterocycles. The molecule has 0 atom stereocenters. The lowest BCUT2D eigenvalue weighted by Crippen LogP contribution is -2.13. The first-order chi connectivity index (χ1) is 13.9. The Morgan fingerprint density at radius 2 is 1.79 bits per heavy atom. The van der Waals surface area contributed by atoms with Crippen molar-refractivity contribution < 1.29 is 28.0 Å². The van der Waals surface area contributed by atoms with Crippen molar-refractivity contribution in [3.63, 3.8) is 0 Å². The minimum atomic E-state index is -0.978. The Kier molecular flexibility index (Phi) is 5.98. The van der Waals surface area contributed by atoms with Gasteiger partial charge in [0.05, 0.1) is 16.7 Å². The third-order valence-electron chi connectivity index (χ3n) is 3.68. The molecule has 3 aromatic rings. The molecule has 3 rings (SSSR count). The highest BCUT2D eigenvalue weighted by Gasteiger charge is 2.15. The van der Waals surface area contributed by atoms with Crippen LogP contribution in [-0.4, -0.2) is 11.0 Å². The van der Waals surface area contributed by atoms with E-state index in [1.807, 2.05) is 6.07 Å². The summed E-state index contributed by atoms with van der Waals surface area (Å²) in [6.07, 6.45) is -0.840. The maximum atomic E-state index is 13.8. The Morgan fingerprint density at radius 3 is 2.48 bits per heavy atom. The van der Waals surface area contributed by atoms with Crippen LogP contribution in [-0.2, 0) is 11.3 Å². The van der Waals surface area contributed by atoms with Gasteiger partial charge in [-0.05, 0) is 17.7 Å². The first-order valence-electron chi connectivity index (χ1n) is 8.31. The molecule has 0 aliphatic heterocycles. The number of nitro groups is 1. The molecule has 3 aromatic carbocycles. The Bertz CT molecular complexity index is 1040. The van der Waals surface area contributed by atoms with Crippen molar-refractivity contribution >= 4 is 17.5 Å². The van der Waals surface area contributed by atoms with Crippen molar-refractivity contribution in [3.8, 4) is 11.5 Å². The van der Waals surface area contributed by atoms with Crippen LogP contribution in [0.3, 0.4) is 0 Å². The standard InChI is InChI=1S/C20H14F2N2O5/c21-14-6-7-19(18(22)8-14)29-17-10-15(9-16(11-17)24(26)27)23-20(25)28-12-13-4-2-1-3-5-13/h1-11H,12H2,(H,23,25). The molecule has 0 aromatic heterocycles. The number of halogens is 2. The van der Waals surface area contributed by atoms with E-state index in [9.17, 15) is 23.7 Å². The molecule has 148 valence electrons. The molecular weight excluding hydrogens is 386 g/mol. The summed E-state index contributed by atoms with van der Waals surface area (Å²) < 4.78 is 37.1. The number of carbonyl (C=O) groups excluding carboxylic acids is 1. The average molecular weight is 400 g/mol. The lowest BCUT2D eigenvalue weighted by molar-refractivity contribution is -0.384. The van der Waals surface area contributed by atoms with Crippen molar-refractivity contribution in [2.24, 2.45) is 0 Å². The van der Waals surface area contributed by atoms with E-state index in [1.165, 1.54) is 6.07 Å². The number of nitrogens with one attached hydrogen (secondary N) is 1. The van der Waals surface area contributed by atoms with E-state index in [-0.39, 0.29) is 23.8 Å². The van der Waals surface area contributed by atoms with Crippen LogP contribution in [0.2, 0.25) is 0 Å². The molecule has 0 aliphatic carbocycles. The largest absolute Gasteiger partial charge is 0.454 e. The van der Waals surface area contributed by atoms with Gasteiger partial charge in [-0.15, -0.1) is 0 Å². The second kappa shape index (κ2) is 8.79. The van der Waals surface area contributed by atoms with Gasteiger partial charge in [0.1, 0.15) is 18.2 Å². The number of benzene rings is 3. The van der Waals surface area contributed by atoms with E-state index < -0.39 is 28.3 Å². The quantitative estimate of drug-likeness (QED) is 0.441. The smallest absolute Gasteiger partial charge is 0.411 e. The fraction of sp³-hybridized carbons (Fsp3) is 0.0500.